The van der Waals surface area contributed by atoms with E-state index in [1.165, 1.54) is 12.1 Å². The molecule has 1 heterocycles. The molecule has 4 nitrogen and oxygen atoms in total. The highest BCUT2D eigenvalue weighted by Gasteiger charge is 2.21. The Kier molecular flexibility index (Phi) is 5.27. The molecular weight excluding hydrogens is 264 g/mol. The second-order valence-electron chi connectivity index (χ2n) is 4.62. The Labute approximate surface area is 116 Å². The summed E-state index contributed by atoms with van der Waals surface area (Å²) in [6.07, 6.45) is 0.991. The van der Waals surface area contributed by atoms with Crippen LogP contribution in [-0.4, -0.2) is 37.7 Å². The Hall–Kier alpha value is -1.71. The summed E-state index contributed by atoms with van der Waals surface area (Å²) < 4.78 is 28.5. The molecule has 1 aromatic carbocycles. The van der Waals surface area contributed by atoms with E-state index in [1.54, 1.807) is 12.1 Å². The Morgan fingerprint density at radius 2 is 1.95 bits per heavy atom. The Bertz CT molecular complexity index is 450. The number of hydrogen-bond acceptors (Lipinski definition) is 4. The number of benzene rings is 1. The van der Waals surface area contributed by atoms with Crippen LogP contribution in [0.15, 0.2) is 24.3 Å². The molecule has 0 saturated carbocycles. The van der Waals surface area contributed by atoms with Crippen molar-refractivity contribution in [2.75, 3.05) is 26.2 Å². The molecule has 1 unspecified atom stereocenters. The van der Waals surface area contributed by atoms with Crippen LogP contribution in [0.25, 0.3) is 0 Å². The number of hydrogen-bond donors (Lipinski definition) is 1. The molecule has 0 aromatic heterocycles. The fraction of sp³-hybridized carbons (Fsp3) is 0.500. The molecule has 0 bridgehead atoms. The lowest BCUT2D eigenvalue weighted by atomic mass is 10.1. The zero-order valence-corrected chi connectivity index (χ0v) is 11.1. The number of nitrogens with one attached hydrogen (secondary N) is 1. The maximum absolute atomic E-state index is 12.1. The van der Waals surface area contributed by atoms with Gasteiger partial charge in [-0.15, -0.1) is 0 Å². The van der Waals surface area contributed by atoms with Crippen molar-refractivity contribution >= 4 is 0 Å². The monoisotopic (exact) mass is 281 g/mol. The molecule has 0 radical (unpaired) electrons. The van der Waals surface area contributed by atoms with E-state index < -0.39 is 6.61 Å². The lowest BCUT2D eigenvalue weighted by molar-refractivity contribution is -0.0498. The van der Waals surface area contributed by atoms with E-state index in [9.17, 15) is 14.0 Å². The first-order chi connectivity index (χ1) is 9.70. The summed E-state index contributed by atoms with van der Waals surface area (Å²) in [6.45, 7) is 0.624. The third kappa shape index (κ3) is 3.89. The first-order valence-electron chi connectivity index (χ1n) is 6.60. The van der Waals surface area contributed by atoms with Gasteiger partial charge in [-0.3, -0.25) is 4.90 Å². The molecule has 108 valence electrons. The highest BCUT2D eigenvalue weighted by molar-refractivity contribution is 5.31. The molecule has 1 aliphatic heterocycles. The molecule has 1 aliphatic rings. The normalized spacial score (nSPS) is 18.3. The molecule has 2 rings (SSSR count). The Balaban J connectivity index is 2.08. The SMILES string of the molecule is N#CC(c1ccc(OC(F)F)cc1)N1CCCNCC1. The van der Waals surface area contributed by atoms with Crippen molar-refractivity contribution in [1.29, 1.82) is 5.26 Å². The minimum Gasteiger partial charge on any atom is -0.435 e. The Morgan fingerprint density at radius 1 is 1.20 bits per heavy atom. The molecule has 0 aliphatic carbocycles. The maximum atomic E-state index is 12.1. The zero-order chi connectivity index (χ0) is 14.4. The van der Waals surface area contributed by atoms with Crippen LogP contribution in [-0.2, 0) is 0 Å². The van der Waals surface area contributed by atoms with Gasteiger partial charge in [0.05, 0.1) is 6.07 Å². The van der Waals surface area contributed by atoms with Crippen LogP contribution in [0.4, 0.5) is 8.78 Å². The maximum Gasteiger partial charge on any atom is 0.387 e. The lowest BCUT2D eigenvalue weighted by Gasteiger charge is -2.25. The number of nitriles is 1. The second kappa shape index (κ2) is 7.17. The summed E-state index contributed by atoms with van der Waals surface area (Å²) in [5.41, 5.74) is 0.802. The van der Waals surface area contributed by atoms with Crippen LogP contribution in [0.2, 0.25) is 0 Å². The average molecular weight is 281 g/mol. The van der Waals surface area contributed by atoms with E-state index in [0.29, 0.717) is 0 Å². The van der Waals surface area contributed by atoms with E-state index in [4.69, 9.17) is 0 Å². The van der Waals surface area contributed by atoms with Crippen molar-refractivity contribution in [2.45, 2.75) is 19.1 Å². The Morgan fingerprint density at radius 3 is 2.60 bits per heavy atom. The number of ether oxygens (including phenoxy) is 1. The number of halogens is 2. The van der Waals surface area contributed by atoms with Crippen molar-refractivity contribution in [3.05, 3.63) is 29.8 Å². The van der Waals surface area contributed by atoms with Gasteiger partial charge in [0.25, 0.3) is 0 Å². The molecule has 20 heavy (non-hydrogen) atoms. The summed E-state index contributed by atoms with van der Waals surface area (Å²) in [5, 5.41) is 12.7. The van der Waals surface area contributed by atoms with Crippen LogP contribution >= 0.6 is 0 Å². The van der Waals surface area contributed by atoms with Gasteiger partial charge in [-0.05, 0) is 30.7 Å². The lowest BCUT2D eigenvalue weighted by Crippen LogP contribution is -2.31. The van der Waals surface area contributed by atoms with Gasteiger partial charge in [0, 0.05) is 19.6 Å². The predicted octanol–water partition coefficient (Wildman–Crippen LogP) is 2.15. The molecule has 0 amide bonds. The zero-order valence-electron chi connectivity index (χ0n) is 11.1. The minimum absolute atomic E-state index is 0.109. The molecule has 1 saturated heterocycles. The first-order valence-corrected chi connectivity index (χ1v) is 6.60. The topological polar surface area (TPSA) is 48.3 Å². The van der Waals surface area contributed by atoms with Gasteiger partial charge in [-0.1, -0.05) is 12.1 Å². The van der Waals surface area contributed by atoms with Crippen molar-refractivity contribution in [3.63, 3.8) is 0 Å². The highest BCUT2D eigenvalue weighted by atomic mass is 19.3. The summed E-state index contributed by atoms with van der Waals surface area (Å²) >= 11 is 0. The van der Waals surface area contributed by atoms with Crippen molar-refractivity contribution in [3.8, 4) is 11.8 Å². The van der Waals surface area contributed by atoms with Crippen molar-refractivity contribution in [1.82, 2.24) is 10.2 Å². The van der Waals surface area contributed by atoms with Gasteiger partial charge >= 0.3 is 6.61 Å². The van der Waals surface area contributed by atoms with Gasteiger partial charge < -0.3 is 10.1 Å². The van der Waals surface area contributed by atoms with Gasteiger partial charge in [0.1, 0.15) is 11.8 Å². The minimum atomic E-state index is -2.83. The highest BCUT2D eigenvalue weighted by Crippen LogP contribution is 2.23. The standard InChI is InChI=1S/C14H17F2N3O/c15-14(16)20-12-4-2-11(3-5-12)13(10-17)19-8-1-6-18-7-9-19/h2-5,13-14,18H,1,6-9H2. The molecule has 1 N–H and O–H groups in total. The van der Waals surface area contributed by atoms with E-state index in [0.717, 1.165) is 38.2 Å². The molecule has 6 heteroatoms. The van der Waals surface area contributed by atoms with E-state index >= 15 is 0 Å². The van der Waals surface area contributed by atoms with Crippen LogP contribution < -0.4 is 10.1 Å². The summed E-state index contributed by atoms with van der Waals surface area (Å²) in [6, 6.07) is 8.22. The predicted molar refractivity (Wildman–Crippen MR) is 70.5 cm³/mol. The van der Waals surface area contributed by atoms with E-state index in [2.05, 4.69) is 21.0 Å². The fourth-order valence-corrected chi connectivity index (χ4v) is 2.32. The number of alkyl halides is 2. The van der Waals surface area contributed by atoms with Crippen molar-refractivity contribution < 1.29 is 13.5 Å². The van der Waals surface area contributed by atoms with Gasteiger partial charge in [-0.25, -0.2) is 0 Å². The summed E-state index contributed by atoms with van der Waals surface area (Å²) in [7, 11) is 0. The molecule has 1 aromatic rings. The molecular formula is C14H17F2N3O. The summed E-state index contributed by atoms with van der Waals surface area (Å²) in [4.78, 5) is 2.10. The van der Waals surface area contributed by atoms with Gasteiger partial charge in [0.2, 0.25) is 0 Å². The van der Waals surface area contributed by atoms with Crippen LogP contribution in [0.5, 0.6) is 5.75 Å². The van der Waals surface area contributed by atoms with Crippen LogP contribution in [0.1, 0.15) is 18.0 Å². The van der Waals surface area contributed by atoms with Gasteiger partial charge in [0.15, 0.2) is 0 Å². The van der Waals surface area contributed by atoms with Gasteiger partial charge in [-0.2, -0.15) is 14.0 Å². The fourth-order valence-electron chi connectivity index (χ4n) is 2.32. The molecule has 1 atom stereocenters. The second-order valence-corrected chi connectivity index (χ2v) is 4.62. The molecule has 0 spiro atoms. The third-order valence-corrected chi connectivity index (χ3v) is 3.28. The smallest absolute Gasteiger partial charge is 0.387 e. The number of nitrogens with zero attached hydrogens (tertiary/aromatic N) is 2. The van der Waals surface area contributed by atoms with Crippen molar-refractivity contribution in [2.24, 2.45) is 0 Å². The first kappa shape index (κ1) is 14.7. The average Bonchev–Trinajstić information content (AvgIpc) is 2.70. The largest absolute Gasteiger partial charge is 0.435 e. The summed E-state index contributed by atoms with van der Waals surface area (Å²) in [5.74, 6) is 0.109. The third-order valence-electron chi connectivity index (χ3n) is 3.28. The van der Waals surface area contributed by atoms with Crippen LogP contribution in [0.3, 0.4) is 0 Å². The van der Waals surface area contributed by atoms with E-state index in [-0.39, 0.29) is 11.8 Å². The van der Waals surface area contributed by atoms with E-state index in [1.807, 2.05) is 0 Å². The molecule has 1 fully saturated rings. The quantitative estimate of drug-likeness (QED) is 0.918. The van der Waals surface area contributed by atoms with Crippen LogP contribution in [0, 0.1) is 11.3 Å². The number of rotatable bonds is 4.